The molecule has 0 saturated heterocycles. The van der Waals surface area contributed by atoms with Crippen molar-refractivity contribution in [1.29, 1.82) is 0 Å². The number of hydrogen-bond donors (Lipinski definition) is 1. The van der Waals surface area contributed by atoms with E-state index in [1.807, 2.05) is 37.3 Å². The molecule has 8 heteroatoms. The van der Waals surface area contributed by atoms with Gasteiger partial charge in [-0.1, -0.05) is 54.6 Å². The first kappa shape index (κ1) is 22.7. The number of methoxy groups -OCH3 is 1. The number of anilines is 1. The maximum atomic E-state index is 13.3. The molecule has 0 fully saturated rings. The summed E-state index contributed by atoms with van der Waals surface area (Å²) in [5.41, 5.74) is 2.00. The lowest BCUT2D eigenvalue weighted by atomic mass is 10.1. The van der Waals surface area contributed by atoms with Gasteiger partial charge < -0.3 is 14.8 Å². The fraction of sp³-hybridized carbons (Fsp3) is 0.240. The van der Waals surface area contributed by atoms with E-state index in [1.54, 1.807) is 55.6 Å². The Labute approximate surface area is 194 Å². The molecule has 4 rings (SSSR count). The van der Waals surface area contributed by atoms with Crippen LogP contribution in [0.5, 0.6) is 11.5 Å². The third kappa shape index (κ3) is 5.12. The van der Waals surface area contributed by atoms with Crippen LogP contribution in [0.25, 0.3) is 0 Å². The van der Waals surface area contributed by atoms with Crippen LogP contribution >= 0.6 is 0 Å². The summed E-state index contributed by atoms with van der Waals surface area (Å²) in [7, 11) is -2.15. The van der Waals surface area contributed by atoms with Gasteiger partial charge >= 0.3 is 0 Å². The summed E-state index contributed by atoms with van der Waals surface area (Å²) in [4.78, 5) is 13.1. The molecule has 172 valence electrons. The van der Waals surface area contributed by atoms with Crippen molar-refractivity contribution in [2.24, 2.45) is 0 Å². The van der Waals surface area contributed by atoms with Gasteiger partial charge in [-0.05, 0) is 42.3 Å². The fourth-order valence-electron chi connectivity index (χ4n) is 3.75. The molecule has 2 atom stereocenters. The number of nitrogens with one attached hydrogen (secondary N) is 1. The van der Waals surface area contributed by atoms with Crippen molar-refractivity contribution in [3.8, 4) is 11.5 Å². The standard InChI is InChI=1S/C25H26N2O5S/c1-18(20-12-14-21(31-2)15-13-20)26-25(28)24-16-27(22-10-6-7-11-23(22)32-24)33(29,30)17-19-8-4-3-5-9-19/h3-15,18,24H,16-17H2,1-2H3,(H,26,28). The molecule has 7 nitrogen and oxygen atoms in total. The highest BCUT2D eigenvalue weighted by molar-refractivity contribution is 7.92. The molecular weight excluding hydrogens is 440 g/mol. The zero-order chi connectivity index (χ0) is 23.4. The molecular formula is C25H26N2O5S. The van der Waals surface area contributed by atoms with Crippen molar-refractivity contribution >= 4 is 21.6 Å². The van der Waals surface area contributed by atoms with Gasteiger partial charge in [0.1, 0.15) is 11.5 Å². The van der Waals surface area contributed by atoms with E-state index >= 15 is 0 Å². The maximum absolute atomic E-state index is 13.3. The molecule has 0 spiro atoms. The van der Waals surface area contributed by atoms with Crippen molar-refractivity contribution < 1.29 is 22.7 Å². The van der Waals surface area contributed by atoms with Crippen LogP contribution in [0.4, 0.5) is 5.69 Å². The highest BCUT2D eigenvalue weighted by Crippen LogP contribution is 2.36. The monoisotopic (exact) mass is 466 g/mol. The van der Waals surface area contributed by atoms with Gasteiger partial charge in [0.05, 0.1) is 31.1 Å². The summed E-state index contributed by atoms with van der Waals surface area (Å²) in [5.74, 6) is 0.535. The number of rotatable bonds is 7. The highest BCUT2D eigenvalue weighted by atomic mass is 32.2. The van der Waals surface area contributed by atoms with E-state index in [0.717, 1.165) is 11.3 Å². The largest absolute Gasteiger partial charge is 0.497 e. The smallest absolute Gasteiger partial charge is 0.263 e. The molecule has 3 aromatic rings. The van der Waals surface area contributed by atoms with Gasteiger partial charge in [0.25, 0.3) is 5.91 Å². The zero-order valence-corrected chi connectivity index (χ0v) is 19.3. The average molecular weight is 467 g/mol. The second-order valence-corrected chi connectivity index (χ2v) is 9.74. The predicted molar refractivity (Wildman–Crippen MR) is 127 cm³/mol. The Bertz CT molecular complexity index is 1210. The Morgan fingerprint density at radius 3 is 2.42 bits per heavy atom. The summed E-state index contributed by atoms with van der Waals surface area (Å²) < 4.78 is 39.0. The van der Waals surface area contributed by atoms with Crippen LogP contribution in [0, 0.1) is 0 Å². The van der Waals surface area contributed by atoms with Crippen LogP contribution in [0.2, 0.25) is 0 Å². The zero-order valence-electron chi connectivity index (χ0n) is 18.5. The van der Waals surface area contributed by atoms with Crippen LogP contribution in [0.15, 0.2) is 78.9 Å². The van der Waals surface area contributed by atoms with Crippen molar-refractivity contribution in [3.63, 3.8) is 0 Å². The molecule has 0 bridgehead atoms. The van der Waals surface area contributed by atoms with Gasteiger partial charge in [0.2, 0.25) is 10.0 Å². The van der Waals surface area contributed by atoms with E-state index in [0.29, 0.717) is 17.0 Å². The number of benzene rings is 3. The number of carbonyl (C=O) groups is 1. The van der Waals surface area contributed by atoms with Crippen LogP contribution in [-0.4, -0.2) is 34.1 Å². The summed E-state index contributed by atoms with van der Waals surface area (Å²) in [6.07, 6.45) is -0.980. The SMILES string of the molecule is COc1ccc(C(C)NC(=O)C2CN(S(=O)(=O)Cc3ccccc3)c3ccccc3O2)cc1. The number of sulfonamides is 1. The Kier molecular flexibility index (Phi) is 6.55. The molecule has 0 radical (unpaired) electrons. The number of carbonyl (C=O) groups excluding carboxylic acids is 1. The number of amides is 1. The quantitative estimate of drug-likeness (QED) is 0.574. The predicted octanol–water partition coefficient (Wildman–Crippen LogP) is 3.67. The van der Waals surface area contributed by atoms with Crippen molar-refractivity contribution in [2.75, 3.05) is 18.0 Å². The molecule has 33 heavy (non-hydrogen) atoms. The fourth-order valence-corrected chi connectivity index (χ4v) is 5.33. The molecule has 0 aliphatic carbocycles. The Morgan fingerprint density at radius 2 is 1.73 bits per heavy atom. The molecule has 1 heterocycles. The normalized spacial score (nSPS) is 16.3. The molecule has 2 unspecified atom stereocenters. The van der Waals surface area contributed by atoms with E-state index < -0.39 is 16.1 Å². The lowest BCUT2D eigenvalue weighted by molar-refractivity contribution is -0.128. The Balaban J connectivity index is 1.54. The summed E-state index contributed by atoms with van der Waals surface area (Å²) in [6, 6.07) is 22.9. The number of para-hydroxylation sites is 2. The Hall–Kier alpha value is -3.52. The molecule has 1 aliphatic heterocycles. The lowest BCUT2D eigenvalue weighted by Crippen LogP contribution is -2.51. The molecule has 1 N–H and O–H groups in total. The minimum Gasteiger partial charge on any atom is -0.497 e. The van der Waals surface area contributed by atoms with Gasteiger partial charge in [-0.15, -0.1) is 0 Å². The number of nitrogens with zero attached hydrogens (tertiary/aromatic N) is 1. The lowest BCUT2D eigenvalue weighted by Gasteiger charge is -2.35. The maximum Gasteiger partial charge on any atom is 0.263 e. The van der Waals surface area contributed by atoms with Crippen molar-refractivity contribution in [3.05, 3.63) is 90.0 Å². The van der Waals surface area contributed by atoms with E-state index in [4.69, 9.17) is 9.47 Å². The van der Waals surface area contributed by atoms with Crippen molar-refractivity contribution in [1.82, 2.24) is 5.32 Å². The minimum atomic E-state index is -3.75. The van der Waals surface area contributed by atoms with Crippen LogP contribution in [0.3, 0.4) is 0 Å². The van der Waals surface area contributed by atoms with E-state index in [2.05, 4.69) is 5.32 Å². The van der Waals surface area contributed by atoms with Crippen LogP contribution in [0.1, 0.15) is 24.1 Å². The molecule has 1 amide bonds. The molecule has 0 saturated carbocycles. The average Bonchev–Trinajstić information content (AvgIpc) is 2.83. The van der Waals surface area contributed by atoms with E-state index in [-0.39, 0.29) is 24.2 Å². The van der Waals surface area contributed by atoms with Crippen LogP contribution in [-0.2, 0) is 20.6 Å². The first-order chi connectivity index (χ1) is 15.9. The van der Waals surface area contributed by atoms with Gasteiger partial charge in [-0.25, -0.2) is 8.42 Å². The number of ether oxygens (including phenoxy) is 2. The summed E-state index contributed by atoms with van der Waals surface area (Å²) in [6.45, 7) is 1.76. The number of hydrogen-bond acceptors (Lipinski definition) is 5. The van der Waals surface area contributed by atoms with E-state index in [1.165, 1.54) is 4.31 Å². The summed E-state index contributed by atoms with van der Waals surface area (Å²) in [5, 5.41) is 2.93. The second-order valence-electron chi connectivity index (χ2n) is 7.85. The van der Waals surface area contributed by atoms with Gasteiger partial charge in [0, 0.05) is 0 Å². The highest BCUT2D eigenvalue weighted by Gasteiger charge is 2.37. The van der Waals surface area contributed by atoms with Crippen LogP contribution < -0.4 is 19.1 Å². The first-order valence-corrected chi connectivity index (χ1v) is 12.2. The molecule has 3 aromatic carbocycles. The topological polar surface area (TPSA) is 84.9 Å². The van der Waals surface area contributed by atoms with Gasteiger partial charge in [-0.3, -0.25) is 9.10 Å². The van der Waals surface area contributed by atoms with Gasteiger partial charge in [0.15, 0.2) is 6.10 Å². The molecule has 0 aromatic heterocycles. The first-order valence-electron chi connectivity index (χ1n) is 10.6. The number of fused-ring (bicyclic) bond motifs is 1. The third-order valence-corrected chi connectivity index (χ3v) is 7.24. The Morgan fingerprint density at radius 1 is 1.06 bits per heavy atom. The van der Waals surface area contributed by atoms with Gasteiger partial charge in [-0.2, -0.15) is 0 Å². The third-order valence-electron chi connectivity index (χ3n) is 5.53. The van der Waals surface area contributed by atoms with Crippen molar-refractivity contribution in [2.45, 2.75) is 24.8 Å². The second kappa shape index (κ2) is 9.54. The van der Waals surface area contributed by atoms with E-state index in [9.17, 15) is 13.2 Å². The summed E-state index contributed by atoms with van der Waals surface area (Å²) >= 11 is 0. The minimum absolute atomic E-state index is 0.104. The molecule has 1 aliphatic rings.